The van der Waals surface area contributed by atoms with Crippen LogP contribution >= 0.6 is 11.3 Å². The van der Waals surface area contributed by atoms with Gasteiger partial charge in [0.25, 0.3) is 0 Å². The van der Waals surface area contributed by atoms with Gasteiger partial charge in [0.1, 0.15) is 11.6 Å². The molecule has 146 valence electrons. The molecule has 0 spiro atoms. The first-order valence-corrected chi connectivity index (χ1v) is 9.92. The van der Waals surface area contributed by atoms with Gasteiger partial charge in [0, 0.05) is 10.3 Å². The van der Waals surface area contributed by atoms with Crippen molar-refractivity contribution in [1.29, 1.82) is 0 Å². The normalized spacial score (nSPS) is 10.9. The van der Waals surface area contributed by atoms with Crippen molar-refractivity contribution in [2.45, 2.75) is 6.92 Å². The molecule has 0 bridgehead atoms. The quantitative estimate of drug-likeness (QED) is 0.383. The zero-order valence-electron chi connectivity index (χ0n) is 15.9. The van der Waals surface area contributed by atoms with Crippen molar-refractivity contribution < 1.29 is 18.7 Å². The summed E-state index contributed by atoms with van der Waals surface area (Å²) in [4.78, 5) is 18.9. The van der Waals surface area contributed by atoms with Gasteiger partial charge >= 0.3 is 5.97 Å². The molecule has 0 unspecified atom stereocenters. The van der Waals surface area contributed by atoms with Crippen molar-refractivity contribution in [1.82, 2.24) is 4.98 Å². The number of nitrogens with zero attached hydrogens (tertiary/aromatic N) is 1. The third kappa shape index (κ3) is 3.84. The van der Waals surface area contributed by atoms with E-state index in [2.05, 4.69) is 4.98 Å². The Morgan fingerprint density at radius 1 is 1.03 bits per heavy atom. The molecule has 6 heteroatoms. The Balaban J connectivity index is 1.75. The van der Waals surface area contributed by atoms with Gasteiger partial charge < -0.3 is 9.47 Å². The fourth-order valence-electron chi connectivity index (χ4n) is 3.12. The van der Waals surface area contributed by atoms with E-state index in [-0.39, 0.29) is 0 Å². The number of esters is 1. The van der Waals surface area contributed by atoms with Crippen LogP contribution in [0.15, 0.2) is 60.7 Å². The molecule has 0 aliphatic rings. The van der Waals surface area contributed by atoms with Gasteiger partial charge in [-0.25, -0.2) is 14.2 Å². The molecule has 2 aromatic carbocycles. The predicted octanol–water partition coefficient (Wildman–Crippen LogP) is 5.95. The van der Waals surface area contributed by atoms with Crippen LogP contribution in [-0.4, -0.2) is 24.7 Å². The lowest BCUT2D eigenvalue weighted by atomic mass is 10.1. The average Bonchev–Trinajstić information content (AvgIpc) is 3.23. The third-order valence-electron chi connectivity index (χ3n) is 4.48. The topological polar surface area (TPSA) is 48.4 Å². The predicted molar refractivity (Wildman–Crippen MR) is 113 cm³/mol. The second kappa shape index (κ2) is 8.01. The van der Waals surface area contributed by atoms with Gasteiger partial charge in [-0.2, -0.15) is 0 Å². The second-order valence-electron chi connectivity index (χ2n) is 6.33. The number of carbonyl (C=O) groups is 1. The lowest BCUT2D eigenvalue weighted by molar-refractivity contribution is 0.0603. The minimum absolute atomic E-state index is 0.294. The number of fused-ring (bicyclic) bond motifs is 1. The number of benzene rings is 2. The molecular weight excluding hydrogens is 389 g/mol. The Hall–Kier alpha value is -3.25. The molecule has 0 saturated carbocycles. The zero-order chi connectivity index (χ0) is 20.4. The number of hydrogen-bond acceptors (Lipinski definition) is 5. The molecule has 4 rings (SSSR count). The highest BCUT2D eigenvalue weighted by Crippen LogP contribution is 2.36. The van der Waals surface area contributed by atoms with E-state index < -0.39 is 11.8 Å². The van der Waals surface area contributed by atoms with Gasteiger partial charge in [0.05, 0.1) is 35.4 Å². The van der Waals surface area contributed by atoms with Crippen molar-refractivity contribution in [2.24, 2.45) is 0 Å². The Bertz CT molecular complexity index is 1180. The second-order valence-corrected chi connectivity index (χ2v) is 7.41. The van der Waals surface area contributed by atoms with E-state index in [4.69, 9.17) is 9.47 Å². The van der Waals surface area contributed by atoms with Crippen molar-refractivity contribution in [2.75, 3.05) is 13.7 Å². The molecular formula is C23H18FNO3S. The van der Waals surface area contributed by atoms with E-state index in [9.17, 15) is 9.18 Å². The lowest BCUT2D eigenvalue weighted by Gasteiger charge is -2.07. The summed E-state index contributed by atoms with van der Waals surface area (Å²) in [6, 6.07) is 17.8. The van der Waals surface area contributed by atoms with E-state index in [1.165, 1.54) is 19.2 Å². The van der Waals surface area contributed by atoms with E-state index in [0.717, 1.165) is 21.1 Å². The maximum atomic E-state index is 13.7. The summed E-state index contributed by atoms with van der Waals surface area (Å²) in [6.45, 7) is 2.58. The van der Waals surface area contributed by atoms with Gasteiger partial charge in [-0.05, 0) is 73.2 Å². The number of thiophene rings is 1. The summed E-state index contributed by atoms with van der Waals surface area (Å²) in [5, 5.41) is 0.434. The van der Waals surface area contributed by atoms with Gasteiger partial charge in [0.2, 0.25) is 0 Å². The van der Waals surface area contributed by atoms with Gasteiger partial charge in [-0.15, -0.1) is 11.3 Å². The Labute approximate surface area is 171 Å². The van der Waals surface area contributed by atoms with Crippen LogP contribution in [0.1, 0.15) is 17.3 Å². The number of halogens is 1. The van der Waals surface area contributed by atoms with Crippen LogP contribution in [0.25, 0.3) is 31.9 Å². The molecule has 2 aromatic heterocycles. The number of rotatable bonds is 5. The molecule has 0 aliphatic heterocycles. The summed E-state index contributed by atoms with van der Waals surface area (Å²) in [5.74, 6) is -0.113. The molecule has 0 atom stereocenters. The minimum Gasteiger partial charge on any atom is -0.494 e. The number of pyridine rings is 1. The van der Waals surface area contributed by atoms with Crippen LogP contribution in [-0.2, 0) is 4.74 Å². The first kappa shape index (κ1) is 19.1. The largest absolute Gasteiger partial charge is 0.494 e. The molecule has 2 heterocycles. The zero-order valence-corrected chi connectivity index (χ0v) is 16.8. The Kier molecular flexibility index (Phi) is 5.27. The molecule has 0 aliphatic carbocycles. The maximum absolute atomic E-state index is 13.7. The molecule has 0 saturated heterocycles. The molecule has 0 N–H and O–H groups in total. The van der Waals surface area contributed by atoms with E-state index >= 15 is 0 Å². The number of carbonyl (C=O) groups excluding carboxylic acids is 1. The van der Waals surface area contributed by atoms with Crippen LogP contribution in [0, 0.1) is 5.82 Å². The van der Waals surface area contributed by atoms with Crippen molar-refractivity contribution in [3.05, 3.63) is 72.0 Å². The van der Waals surface area contributed by atoms with Crippen LogP contribution in [0.2, 0.25) is 0 Å². The summed E-state index contributed by atoms with van der Waals surface area (Å²) in [7, 11) is 1.31. The maximum Gasteiger partial charge on any atom is 0.338 e. The number of aromatic nitrogens is 1. The highest BCUT2D eigenvalue weighted by atomic mass is 32.1. The van der Waals surface area contributed by atoms with Gasteiger partial charge in [-0.3, -0.25) is 0 Å². The molecule has 0 radical (unpaired) electrons. The SMILES string of the molecule is CCOc1ccc(-c2ccc(-c3cc(C(=O)OC)c4cc(F)ccc4n3)s2)cc1. The van der Waals surface area contributed by atoms with E-state index in [0.29, 0.717) is 28.8 Å². The molecule has 29 heavy (non-hydrogen) atoms. The third-order valence-corrected chi connectivity index (χ3v) is 5.64. The summed E-state index contributed by atoms with van der Waals surface area (Å²) in [5.41, 5.74) is 2.55. The highest BCUT2D eigenvalue weighted by Gasteiger charge is 2.16. The summed E-state index contributed by atoms with van der Waals surface area (Å²) >= 11 is 1.57. The number of hydrogen-bond donors (Lipinski definition) is 0. The first-order valence-electron chi connectivity index (χ1n) is 9.11. The fraction of sp³-hybridized carbons (Fsp3) is 0.130. The van der Waals surface area contributed by atoms with E-state index in [1.807, 2.05) is 43.3 Å². The standard InChI is InChI=1S/C23H18FNO3S/c1-3-28-16-7-4-14(5-8-16)21-10-11-22(29-21)20-13-18(23(26)27-2)17-12-15(24)6-9-19(17)25-20/h4-13H,3H2,1-2H3. The molecule has 4 nitrogen and oxygen atoms in total. The fourth-order valence-corrected chi connectivity index (χ4v) is 4.09. The Morgan fingerprint density at radius 3 is 2.52 bits per heavy atom. The first-order chi connectivity index (χ1) is 14.1. The number of ether oxygens (including phenoxy) is 2. The van der Waals surface area contributed by atoms with Gasteiger partial charge in [0.15, 0.2) is 0 Å². The average molecular weight is 407 g/mol. The van der Waals surface area contributed by atoms with Crippen molar-refractivity contribution in [3.63, 3.8) is 0 Å². The summed E-state index contributed by atoms with van der Waals surface area (Å²) < 4.78 is 24.1. The molecule has 0 amide bonds. The Morgan fingerprint density at radius 2 is 1.79 bits per heavy atom. The lowest BCUT2D eigenvalue weighted by Crippen LogP contribution is -2.04. The monoisotopic (exact) mass is 407 g/mol. The van der Waals surface area contributed by atoms with Gasteiger partial charge in [-0.1, -0.05) is 0 Å². The van der Waals surface area contributed by atoms with Crippen LogP contribution in [0.3, 0.4) is 0 Å². The number of methoxy groups -OCH3 is 1. The van der Waals surface area contributed by atoms with Crippen LogP contribution in [0.4, 0.5) is 4.39 Å². The molecule has 0 fully saturated rings. The van der Waals surface area contributed by atoms with Crippen LogP contribution in [0.5, 0.6) is 5.75 Å². The summed E-state index contributed by atoms with van der Waals surface area (Å²) in [6.07, 6.45) is 0. The molecule has 4 aromatic rings. The van der Waals surface area contributed by atoms with Crippen LogP contribution < -0.4 is 4.74 Å². The minimum atomic E-state index is -0.521. The van der Waals surface area contributed by atoms with Crippen molar-refractivity contribution >= 4 is 28.2 Å². The highest BCUT2D eigenvalue weighted by molar-refractivity contribution is 7.18. The van der Waals surface area contributed by atoms with Crippen molar-refractivity contribution in [3.8, 4) is 26.8 Å². The smallest absolute Gasteiger partial charge is 0.338 e. The van der Waals surface area contributed by atoms with E-state index in [1.54, 1.807) is 23.5 Å².